The Kier molecular flexibility index (Phi) is 9.32. The summed E-state index contributed by atoms with van der Waals surface area (Å²) in [6.07, 6.45) is 1.59. The Hall–Kier alpha value is -3.21. The lowest BCUT2D eigenvalue weighted by atomic mass is 10.2. The van der Waals surface area contributed by atoms with Gasteiger partial charge in [-0.1, -0.05) is 60.7 Å². The fourth-order valence-corrected chi connectivity index (χ4v) is 5.85. The molecule has 0 saturated carbocycles. The zero-order chi connectivity index (χ0) is 26.1. The summed E-state index contributed by atoms with van der Waals surface area (Å²) in [5, 5.41) is 2.90. The number of rotatable bonds is 11. The number of carbonyl (C=O) groups excluding carboxylic acids is 1. The molecule has 1 aromatic heterocycles. The molecule has 1 N–H and O–H groups in total. The Morgan fingerprint density at radius 3 is 2.32 bits per heavy atom. The minimum atomic E-state index is -3.73. The molecule has 37 heavy (non-hydrogen) atoms. The van der Waals surface area contributed by atoms with Crippen molar-refractivity contribution in [3.8, 4) is 0 Å². The van der Waals surface area contributed by atoms with Crippen molar-refractivity contribution in [3.63, 3.8) is 0 Å². The number of urea groups is 1. The van der Waals surface area contributed by atoms with Crippen LogP contribution in [0, 0.1) is 0 Å². The highest BCUT2D eigenvalue weighted by Crippen LogP contribution is 2.20. The molecule has 0 radical (unpaired) electrons. The van der Waals surface area contributed by atoms with Crippen LogP contribution in [-0.4, -0.2) is 79.7 Å². The van der Waals surface area contributed by atoms with Gasteiger partial charge >= 0.3 is 6.03 Å². The molecule has 0 aliphatic carbocycles. The van der Waals surface area contributed by atoms with E-state index in [0.29, 0.717) is 50.7 Å². The molecule has 0 unspecified atom stereocenters. The van der Waals surface area contributed by atoms with Gasteiger partial charge in [0, 0.05) is 32.7 Å². The molecule has 0 atom stereocenters. The first-order chi connectivity index (χ1) is 18.0. The minimum Gasteiger partial charge on any atom is -0.379 e. The Labute approximate surface area is 219 Å². The van der Waals surface area contributed by atoms with Crippen LogP contribution in [0.2, 0.25) is 0 Å². The lowest BCUT2D eigenvalue weighted by molar-refractivity contribution is 0.0346. The molecule has 1 saturated heterocycles. The summed E-state index contributed by atoms with van der Waals surface area (Å²) in [6.45, 7) is 7.23. The number of nitrogens with zero attached hydrogens (tertiary/aromatic N) is 4. The van der Waals surface area contributed by atoms with Gasteiger partial charge in [-0.15, -0.1) is 0 Å². The van der Waals surface area contributed by atoms with E-state index in [4.69, 9.17) is 4.74 Å². The maximum absolute atomic E-state index is 13.5. The number of amides is 2. The average Bonchev–Trinajstić information content (AvgIpc) is 3.31. The van der Waals surface area contributed by atoms with E-state index in [2.05, 4.69) is 15.2 Å². The van der Waals surface area contributed by atoms with Crippen molar-refractivity contribution >= 4 is 15.9 Å². The zero-order valence-corrected chi connectivity index (χ0v) is 22.1. The summed E-state index contributed by atoms with van der Waals surface area (Å²) in [5.74, 6) is -0.143. The van der Waals surface area contributed by atoms with E-state index in [0.717, 1.165) is 18.7 Å². The number of ether oxygens (including phenoxy) is 1. The predicted molar refractivity (Wildman–Crippen MR) is 142 cm³/mol. The maximum Gasteiger partial charge on any atom is 0.317 e. The lowest BCUT2D eigenvalue weighted by Gasteiger charge is -2.30. The molecule has 4 rings (SSSR count). The summed E-state index contributed by atoms with van der Waals surface area (Å²) in [4.78, 5) is 21.3. The molecule has 1 aliphatic rings. The molecular formula is C27H35N5O4S. The minimum absolute atomic E-state index is 0.0132. The Morgan fingerprint density at radius 1 is 1.03 bits per heavy atom. The van der Waals surface area contributed by atoms with Gasteiger partial charge in [0.25, 0.3) is 0 Å². The molecule has 198 valence electrons. The number of imidazole rings is 1. The summed E-state index contributed by atoms with van der Waals surface area (Å²) in [5.41, 5.74) is 2.33. The third kappa shape index (κ3) is 7.41. The number of benzene rings is 2. The second-order valence-corrected chi connectivity index (χ2v) is 10.9. The maximum atomic E-state index is 13.5. The Balaban J connectivity index is 1.62. The fourth-order valence-electron chi connectivity index (χ4n) is 4.36. The van der Waals surface area contributed by atoms with Crippen LogP contribution in [0.5, 0.6) is 0 Å². The van der Waals surface area contributed by atoms with Crippen molar-refractivity contribution in [2.45, 2.75) is 30.9 Å². The smallest absolute Gasteiger partial charge is 0.317 e. The first-order valence-corrected chi connectivity index (χ1v) is 14.3. The van der Waals surface area contributed by atoms with Gasteiger partial charge in [-0.05, 0) is 18.1 Å². The third-order valence-electron chi connectivity index (χ3n) is 6.32. The van der Waals surface area contributed by atoms with Crippen molar-refractivity contribution in [3.05, 3.63) is 83.7 Å². The molecule has 0 bridgehead atoms. The second-order valence-electron chi connectivity index (χ2n) is 9.06. The van der Waals surface area contributed by atoms with Gasteiger partial charge in [0.15, 0.2) is 0 Å². The first-order valence-electron chi connectivity index (χ1n) is 12.6. The van der Waals surface area contributed by atoms with E-state index in [1.165, 1.54) is 0 Å². The van der Waals surface area contributed by atoms with E-state index < -0.39 is 9.84 Å². The van der Waals surface area contributed by atoms with E-state index in [9.17, 15) is 13.2 Å². The van der Waals surface area contributed by atoms with Crippen LogP contribution in [-0.2, 0) is 33.4 Å². The van der Waals surface area contributed by atoms with E-state index in [-0.39, 0.29) is 23.5 Å². The molecule has 0 spiro atoms. The molecule has 9 nitrogen and oxygen atoms in total. The van der Waals surface area contributed by atoms with Gasteiger partial charge < -0.3 is 19.5 Å². The van der Waals surface area contributed by atoms with Gasteiger partial charge in [-0.3, -0.25) is 4.90 Å². The highest BCUT2D eigenvalue weighted by atomic mass is 32.2. The third-order valence-corrected chi connectivity index (χ3v) is 7.92. The highest BCUT2D eigenvalue weighted by Gasteiger charge is 2.26. The van der Waals surface area contributed by atoms with Crippen molar-refractivity contribution < 1.29 is 17.9 Å². The number of hydrogen-bond acceptors (Lipinski definition) is 6. The molecule has 2 amide bonds. The number of aromatic nitrogens is 2. The van der Waals surface area contributed by atoms with Crippen molar-refractivity contribution in [2.24, 2.45) is 0 Å². The Morgan fingerprint density at radius 2 is 1.68 bits per heavy atom. The van der Waals surface area contributed by atoms with Gasteiger partial charge in [0.1, 0.15) is 0 Å². The fraction of sp³-hybridized carbons (Fsp3) is 0.407. The van der Waals surface area contributed by atoms with Crippen LogP contribution in [0.4, 0.5) is 4.79 Å². The second kappa shape index (κ2) is 12.8. The largest absolute Gasteiger partial charge is 0.379 e. The molecule has 2 heterocycles. The summed E-state index contributed by atoms with van der Waals surface area (Å²) >= 11 is 0. The normalized spacial score (nSPS) is 14.4. The zero-order valence-electron chi connectivity index (χ0n) is 21.3. The van der Waals surface area contributed by atoms with Gasteiger partial charge in [0.05, 0.1) is 43.9 Å². The van der Waals surface area contributed by atoms with Crippen LogP contribution >= 0.6 is 0 Å². The van der Waals surface area contributed by atoms with Crippen LogP contribution in [0.25, 0.3) is 0 Å². The van der Waals surface area contributed by atoms with Crippen LogP contribution in [0.1, 0.15) is 23.7 Å². The topological polar surface area (TPSA) is 96.8 Å². The quantitative estimate of drug-likeness (QED) is 0.414. The van der Waals surface area contributed by atoms with Crippen molar-refractivity contribution in [2.75, 3.05) is 45.9 Å². The molecule has 1 aliphatic heterocycles. The van der Waals surface area contributed by atoms with Gasteiger partial charge in [-0.2, -0.15) is 0 Å². The van der Waals surface area contributed by atoms with Crippen LogP contribution < -0.4 is 5.32 Å². The average molecular weight is 526 g/mol. The molecule has 3 aromatic rings. The standard InChI is InChI=1S/C27H35N5O4S/c1-2-28-26(33)31(14-13-30-15-17-36-18-16-30)21-25-19-29-27(32(25)20-23-9-5-3-6-10-23)37(34,35)22-24-11-7-4-8-12-24/h3-12,19H,2,13-18,20-22H2,1H3,(H,28,33). The lowest BCUT2D eigenvalue weighted by Crippen LogP contribution is -2.46. The van der Waals surface area contributed by atoms with Gasteiger partial charge in [0.2, 0.25) is 15.0 Å². The van der Waals surface area contributed by atoms with Crippen LogP contribution in [0.3, 0.4) is 0 Å². The molecule has 1 fully saturated rings. The highest BCUT2D eigenvalue weighted by molar-refractivity contribution is 7.90. The molecule has 10 heteroatoms. The number of nitrogens with one attached hydrogen (secondary N) is 1. The Bertz CT molecular complexity index is 1240. The SMILES string of the molecule is CCNC(=O)N(CCN1CCOCC1)Cc1cnc(S(=O)(=O)Cc2ccccc2)n1Cc1ccccc1. The molecular weight excluding hydrogens is 490 g/mol. The molecule has 2 aromatic carbocycles. The van der Waals surface area contributed by atoms with Gasteiger partial charge in [-0.25, -0.2) is 18.2 Å². The summed E-state index contributed by atoms with van der Waals surface area (Å²) < 4.78 is 34.1. The number of sulfone groups is 1. The van der Waals surface area contributed by atoms with Crippen molar-refractivity contribution in [1.82, 2.24) is 24.7 Å². The first kappa shape index (κ1) is 26.8. The van der Waals surface area contributed by atoms with E-state index in [1.54, 1.807) is 27.8 Å². The van der Waals surface area contributed by atoms with E-state index in [1.807, 2.05) is 55.5 Å². The number of carbonyl (C=O) groups is 1. The number of hydrogen-bond donors (Lipinski definition) is 1. The van der Waals surface area contributed by atoms with E-state index >= 15 is 0 Å². The summed E-state index contributed by atoms with van der Waals surface area (Å²) in [7, 11) is -3.73. The van der Waals surface area contributed by atoms with Crippen LogP contribution in [0.15, 0.2) is 72.0 Å². The number of morpholine rings is 1. The summed E-state index contributed by atoms with van der Waals surface area (Å²) in [6, 6.07) is 18.6. The monoisotopic (exact) mass is 525 g/mol. The van der Waals surface area contributed by atoms with Crippen molar-refractivity contribution in [1.29, 1.82) is 0 Å². The predicted octanol–water partition coefficient (Wildman–Crippen LogP) is 2.77.